The van der Waals surface area contributed by atoms with E-state index >= 15 is 0 Å². The number of halogens is 1. The van der Waals surface area contributed by atoms with Crippen LogP contribution in [0.4, 0.5) is 5.82 Å². The summed E-state index contributed by atoms with van der Waals surface area (Å²) in [6, 6.07) is 1.45. The number of aromatic nitrogens is 1. The Bertz CT molecular complexity index is 419. The maximum absolute atomic E-state index is 10.9. The maximum Gasteiger partial charge on any atom is 0.337 e. The molecule has 0 atom stereocenters. The summed E-state index contributed by atoms with van der Waals surface area (Å²) in [5.41, 5.74) is 0.212. The Morgan fingerprint density at radius 2 is 2.24 bits per heavy atom. The minimum absolute atomic E-state index is 0.0680. The van der Waals surface area contributed by atoms with Crippen molar-refractivity contribution in [3.05, 3.63) is 22.8 Å². The number of rotatable bonds is 5. The van der Waals surface area contributed by atoms with Crippen LogP contribution in [0.1, 0.15) is 37.6 Å². The van der Waals surface area contributed by atoms with Gasteiger partial charge in [0.25, 0.3) is 0 Å². The Hall–Kier alpha value is -1.29. The fraction of sp³-hybridized carbons (Fsp3) is 0.500. The van der Waals surface area contributed by atoms with E-state index in [0.29, 0.717) is 5.82 Å². The van der Waals surface area contributed by atoms with Crippen LogP contribution in [0.5, 0.6) is 0 Å². The number of nitrogens with zero attached hydrogens (tertiary/aromatic N) is 1. The van der Waals surface area contributed by atoms with E-state index in [-0.39, 0.29) is 16.0 Å². The lowest BCUT2D eigenvalue weighted by atomic mass is 9.90. The highest BCUT2D eigenvalue weighted by atomic mass is 35.5. The number of aromatic carboxylic acids is 1. The Morgan fingerprint density at radius 1 is 1.59 bits per heavy atom. The molecule has 0 aliphatic carbocycles. The van der Waals surface area contributed by atoms with Gasteiger partial charge >= 0.3 is 5.97 Å². The van der Waals surface area contributed by atoms with Crippen molar-refractivity contribution in [1.82, 2.24) is 4.98 Å². The van der Waals surface area contributed by atoms with Crippen LogP contribution >= 0.6 is 11.6 Å². The highest BCUT2D eigenvalue weighted by Gasteiger charge is 2.16. The molecule has 2 N–H and O–H groups in total. The Kier molecular flexibility index (Phi) is 4.34. The minimum atomic E-state index is -1.05. The first-order valence-electron chi connectivity index (χ1n) is 5.48. The van der Waals surface area contributed by atoms with E-state index in [4.69, 9.17) is 16.7 Å². The van der Waals surface area contributed by atoms with E-state index in [1.807, 2.05) is 0 Å². The van der Waals surface area contributed by atoms with Gasteiger partial charge in [0.1, 0.15) is 5.82 Å². The van der Waals surface area contributed by atoms with E-state index in [2.05, 4.69) is 31.1 Å². The maximum atomic E-state index is 10.9. The molecule has 0 aliphatic heterocycles. The van der Waals surface area contributed by atoms with Gasteiger partial charge in [0.2, 0.25) is 0 Å². The zero-order valence-corrected chi connectivity index (χ0v) is 11.0. The predicted octanol–water partition coefficient (Wildman–Crippen LogP) is 3.28. The molecule has 1 aromatic heterocycles. The van der Waals surface area contributed by atoms with Gasteiger partial charge in [-0.25, -0.2) is 9.78 Å². The van der Waals surface area contributed by atoms with Crippen LogP contribution in [0.15, 0.2) is 12.3 Å². The van der Waals surface area contributed by atoms with Crippen molar-refractivity contribution in [2.45, 2.75) is 27.2 Å². The van der Waals surface area contributed by atoms with E-state index in [9.17, 15) is 4.79 Å². The normalized spacial score (nSPS) is 11.3. The fourth-order valence-corrected chi connectivity index (χ4v) is 1.34. The second-order valence-corrected chi connectivity index (χ2v) is 5.13. The zero-order chi connectivity index (χ0) is 13.1. The summed E-state index contributed by atoms with van der Waals surface area (Å²) >= 11 is 5.74. The molecule has 0 amide bonds. The van der Waals surface area contributed by atoms with Crippen molar-refractivity contribution in [2.24, 2.45) is 5.41 Å². The molecular formula is C12H17ClN2O2. The molecule has 4 nitrogen and oxygen atoms in total. The van der Waals surface area contributed by atoms with E-state index < -0.39 is 5.97 Å². The lowest BCUT2D eigenvalue weighted by Crippen LogP contribution is -2.22. The molecule has 0 saturated carbocycles. The average Bonchev–Trinajstić information content (AvgIpc) is 2.27. The van der Waals surface area contributed by atoms with E-state index in [0.717, 1.165) is 13.0 Å². The van der Waals surface area contributed by atoms with Crippen LogP contribution in [0.2, 0.25) is 5.02 Å². The SMILES string of the molecule is CCC(C)(C)CNc1cc(C(=O)O)c(Cl)cn1. The van der Waals surface area contributed by atoms with E-state index in [1.54, 1.807) is 0 Å². The smallest absolute Gasteiger partial charge is 0.337 e. The van der Waals surface area contributed by atoms with Gasteiger partial charge in [-0.05, 0) is 17.9 Å². The molecule has 0 radical (unpaired) electrons. The molecule has 0 bridgehead atoms. The molecule has 0 spiro atoms. The van der Waals surface area contributed by atoms with Crippen LogP contribution in [0, 0.1) is 5.41 Å². The van der Waals surface area contributed by atoms with Gasteiger partial charge in [-0.1, -0.05) is 32.4 Å². The standard InChI is InChI=1S/C12H17ClN2O2/c1-4-12(2,3)7-15-10-5-8(11(16)17)9(13)6-14-10/h5-6H,4,7H2,1-3H3,(H,14,15)(H,16,17). The third kappa shape index (κ3) is 3.89. The molecule has 0 aromatic carbocycles. The van der Waals surface area contributed by atoms with Gasteiger partial charge in [-0.2, -0.15) is 0 Å². The van der Waals surface area contributed by atoms with Crippen LogP contribution in [-0.2, 0) is 0 Å². The molecule has 1 aromatic rings. The number of hydrogen-bond donors (Lipinski definition) is 2. The summed E-state index contributed by atoms with van der Waals surface area (Å²) in [4.78, 5) is 14.9. The molecule has 94 valence electrons. The summed E-state index contributed by atoms with van der Waals surface area (Å²) in [5, 5.41) is 12.2. The third-order valence-corrected chi connectivity index (χ3v) is 3.09. The molecule has 0 fully saturated rings. The summed E-state index contributed by atoms with van der Waals surface area (Å²) in [6.45, 7) is 7.11. The Morgan fingerprint density at radius 3 is 2.76 bits per heavy atom. The van der Waals surface area contributed by atoms with Crippen molar-refractivity contribution in [3.63, 3.8) is 0 Å². The molecule has 0 aliphatic rings. The number of carbonyl (C=O) groups is 1. The number of pyridine rings is 1. The lowest BCUT2D eigenvalue weighted by molar-refractivity contribution is 0.0697. The molecule has 0 unspecified atom stereocenters. The molecule has 17 heavy (non-hydrogen) atoms. The first-order chi connectivity index (χ1) is 7.85. The van der Waals surface area contributed by atoms with Crippen LogP contribution in [-0.4, -0.2) is 22.6 Å². The fourth-order valence-electron chi connectivity index (χ4n) is 1.15. The van der Waals surface area contributed by atoms with Gasteiger partial charge in [0, 0.05) is 12.7 Å². The van der Waals surface area contributed by atoms with Gasteiger partial charge in [0.05, 0.1) is 10.6 Å². The van der Waals surface area contributed by atoms with Crippen molar-refractivity contribution < 1.29 is 9.90 Å². The molecular weight excluding hydrogens is 240 g/mol. The molecule has 0 saturated heterocycles. The number of hydrogen-bond acceptors (Lipinski definition) is 3. The van der Waals surface area contributed by atoms with Gasteiger partial charge in [-0.15, -0.1) is 0 Å². The predicted molar refractivity (Wildman–Crippen MR) is 68.8 cm³/mol. The van der Waals surface area contributed by atoms with Gasteiger partial charge in [0.15, 0.2) is 0 Å². The topological polar surface area (TPSA) is 62.2 Å². The van der Waals surface area contributed by atoms with Crippen molar-refractivity contribution in [1.29, 1.82) is 0 Å². The third-order valence-electron chi connectivity index (χ3n) is 2.79. The first-order valence-corrected chi connectivity index (χ1v) is 5.86. The average molecular weight is 257 g/mol. The largest absolute Gasteiger partial charge is 0.478 e. The highest BCUT2D eigenvalue weighted by Crippen LogP contribution is 2.22. The first kappa shape index (κ1) is 13.8. The van der Waals surface area contributed by atoms with Gasteiger partial charge in [-0.3, -0.25) is 0 Å². The quantitative estimate of drug-likeness (QED) is 0.849. The molecule has 1 heterocycles. The monoisotopic (exact) mass is 256 g/mol. The Balaban J connectivity index is 2.80. The highest BCUT2D eigenvalue weighted by molar-refractivity contribution is 6.33. The van der Waals surface area contributed by atoms with Crippen LogP contribution in [0.25, 0.3) is 0 Å². The lowest BCUT2D eigenvalue weighted by Gasteiger charge is -2.23. The number of anilines is 1. The second kappa shape index (κ2) is 5.36. The van der Waals surface area contributed by atoms with E-state index in [1.165, 1.54) is 12.3 Å². The molecule has 1 rings (SSSR count). The summed E-state index contributed by atoms with van der Waals surface area (Å²) in [6.07, 6.45) is 2.38. The number of nitrogens with one attached hydrogen (secondary N) is 1. The summed E-state index contributed by atoms with van der Waals surface area (Å²) in [7, 11) is 0. The van der Waals surface area contributed by atoms with Crippen molar-refractivity contribution in [2.75, 3.05) is 11.9 Å². The summed E-state index contributed by atoms with van der Waals surface area (Å²) in [5.74, 6) is -0.511. The van der Waals surface area contributed by atoms with Crippen LogP contribution in [0.3, 0.4) is 0 Å². The minimum Gasteiger partial charge on any atom is -0.478 e. The van der Waals surface area contributed by atoms with Crippen molar-refractivity contribution in [3.8, 4) is 0 Å². The van der Waals surface area contributed by atoms with Crippen molar-refractivity contribution >= 4 is 23.4 Å². The second-order valence-electron chi connectivity index (χ2n) is 4.73. The Labute approximate surface area is 106 Å². The zero-order valence-electron chi connectivity index (χ0n) is 10.2. The van der Waals surface area contributed by atoms with Crippen LogP contribution < -0.4 is 5.32 Å². The number of carboxylic acids is 1. The number of carboxylic acid groups (broad SMARTS) is 1. The summed E-state index contributed by atoms with van der Waals surface area (Å²) < 4.78 is 0. The van der Waals surface area contributed by atoms with Gasteiger partial charge < -0.3 is 10.4 Å². The molecule has 5 heteroatoms.